The first kappa shape index (κ1) is 14.2. The van der Waals surface area contributed by atoms with Crippen LogP contribution in [0.1, 0.15) is 38.5 Å². The lowest BCUT2D eigenvalue weighted by Gasteiger charge is -2.28. The summed E-state index contributed by atoms with van der Waals surface area (Å²) in [5.41, 5.74) is 0.251. The molecule has 1 aliphatic heterocycles. The highest BCUT2D eigenvalue weighted by Crippen LogP contribution is 2.49. The molecule has 3 nitrogen and oxygen atoms in total. The molecule has 4 heteroatoms. The Kier molecular flexibility index (Phi) is 4.96. The topological polar surface area (TPSA) is 32.3 Å². The highest BCUT2D eigenvalue weighted by Gasteiger charge is 2.42. The van der Waals surface area contributed by atoms with Gasteiger partial charge in [-0.25, -0.2) is 0 Å². The number of likely N-dealkylation sites (tertiary alicyclic amines) is 1. The molecule has 18 heavy (non-hydrogen) atoms. The fraction of sp³-hybridized carbons (Fsp3) is 0.929. The molecule has 1 N–H and O–H groups in total. The molecule has 0 radical (unpaired) electrons. The van der Waals surface area contributed by atoms with Crippen LogP contribution in [-0.4, -0.2) is 43.2 Å². The molecule has 0 atom stereocenters. The largest absolute Gasteiger partial charge is 0.356 e. The lowest BCUT2D eigenvalue weighted by atomic mass is 9.94. The summed E-state index contributed by atoms with van der Waals surface area (Å²) in [4.78, 5) is 14.2. The molecule has 0 aromatic heterocycles. The van der Waals surface area contributed by atoms with Crippen LogP contribution in [0.3, 0.4) is 0 Å². The van der Waals surface area contributed by atoms with Crippen molar-refractivity contribution in [2.75, 3.05) is 32.4 Å². The van der Waals surface area contributed by atoms with Gasteiger partial charge in [0.1, 0.15) is 0 Å². The van der Waals surface area contributed by atoms with Crippen LogP contribution in [0.15, 0.2) is 0 Å². The summed E-state index contributed by atoms with van der Waals surface area (Å²) in [6.45, 7) is 3.28. The average Bonchev–Trinajstić information content (AvgIpc) is 3.12. The predicted octanol–water partition coefficient (Wildman–Crippen LogP) is 1.93. The normalized spacial score (nSPS) is 23.9. The van der Waals surface area contributed by atoms with E-state index in [-0.39, 0.29) is 11.3 Å². The number of hydrogen-bond acceptors (Lipinski definition) is 3. The van der Waals surface area contributed by atoms with Gasteiger partial charge in [0.2, 0.25) is 5.91 Å². The van der Waals surface area contributed by atoms with Gasteiger partial charge in [0.05, 0.1) is 0 Å². The molecule has 1 heterocycles. The third kappa shape index (κ3) is 4.16. The summed E-state index contributed by atoms with van der Waals surface area (Å²) in [7, 11) is 2.19. The van der Waals surface area contributed by atoms with Crippen LogP contribution >= 0.6 is 12.6 Å². The van der Waals surface area contributed by atoms with E-state index in [0.717, 1.165) is 24.6 Å². The lowest BCUT2D eigenvalue weighted by molar-refractivity contribution is -0.122. The van der Waals surface area contributed by atoms with Gasteiger partial charge in [-0.3, -0.25) is 4.79 Å². The van der Waals surface area contributed by atoms with Gasteiger partial charge in [-0.05, 0) is 69.3 Å². The van der Waals surface area contributed by atoms with Crippen LogP contribution < -0.4 is 5.32 Å². The molecule has 0 unspecified atom stereocenters. The van der Waals surface area contributed by atoms with E-state index in [4.69, 9.17) is 0 Å². The van der Waals surface area contributed by atoms with Crippen molar-refractivity contribution in [3.63, 3.8) is 0 Å². The van der Waals surface area contributed by atoms with Crippen molar-refractivity contribution in [1.82, 2.24) is 10.2 Å². The molecule has 0 aromatic carbocycles. The van der Waals surface area contributed by atoms with E-state index in [1.165, 1.54) is 38.8 Å². The second-order valence-electron chi connectivity index (χ2n) is 6.22. The van der Waals surface area contributed by atoms with E-state index < -0.39 is 0 Å². The molecular weight excluding hydrogens is 244 g/mol. The number of piperidine rings is 1. The zero-order chi connectivity index (χ0) is 13.0. The van der Waals surface area contributed by atoms with Crippen LogP contribution in [0.4, 0.5) is 0 Å². The van der Waals surface area contributed by atoms with Crippen molar-refractivity contribution in [2.45, 2.75) is 38.5 Å². The number of thiol groups is 1. The monoisotopic (exact) mass is 270 g/mol. The Balaban J connectivity index is 1.56. The maximum Gasteiger partial charge on any atom is 0.220 e. The molecule has 0 bridgehead atoms. The van der Waals surface area contributed by atoms with E-state index in [1.54, 1.807) is 0 Å². The smallest absolute Gasteiger partial charge is 0.220 e. The van der Waals surface area contributed by atoms with E-state index >= 15 is 0 Å². The highest BCUT2D eigenvalue weighted by atomic mass is 32.1. The van der Waals surface area contributed by atoms with Crippen molar-refractivity contribution in [3.05, 3.63) is 0 Å². The molecule has 104 valence electrons. The number of amides is 1. The van der Waals surface area contributed by atoms with Crippen LogP contribution in [0.25, 0.3) is 0 Å². The quantitative estimate of drug-likeness (QED) is 0.723. The van der Waals surface area contributed by atoms with E-state index in [2.05, 4.69) is 29.9 Å². The van der Waals surface area contributed by atoms with E-state index in [9.17, 15) is 4.79 Å². The Labute approximate surface area is 116 Å². The number of nitrogens with zero attached hydrogens (tertiary/aromatic N) is 1. The zero-order valence-electron chi connectivity index (χ0n) is 11.5. The molecule has 1 saturated carbocycles. The van der Waals surface area contributed by atoms with Gasteiger partial charge in [-0.2, -0.15) is 12.6 Å². The van der Waals surface area contributed by atoms with Gasteiger partial charge in [0.25, 0.3) is 0 Å². The number of carbonyl (C=O) groups excluding carboxylic acids is 1. The number of rotatable bonds is 6. The summed E-state index contributed by atoms with van der Waals surface area (Å²) in [5.74, 6) is 1.89. The van der Waals surface area contributed by atoms with E-state index in [1.807, 2.05) is 0 Å². The third-order valence-electron chi connectivity index (χ3n) is 4.54. The van der Waals surface area contributed by atoms with Crippen molar-refractivity contribution >= 4 is 18.5 Å². The van der Waals surface area contributed by atoms with Crippen LogP contribution in [0.2, 0.25) is 0 Å². The molecule has 2 aliphatic rings. The molecule has 0 spiro atoms. The second-order valence-corrected chi connectivity index (χ2v) is 6.54. The second kappa shape index (κ2) is 6.29. The minimum atomic E-state index is 0.231. The molecule has 2 fully saturated rings. The van der Waals surface area contributed by atoms with Crippen LogP contribution in [0.5, 0.6) is 0 Å². The first-order valence-electron chi connectivity index (χ1n) is 7.20. The summed E-state index contributed by atoms with van der Waals surface area (Å²) < 4.78 is 0. The first-order chi connectivity index (χ1) is 8.63. The maximum atomic E-state index is 11.8. The maximum absolute atomic E-state index is 11.8. The fourth-order valence-corrected chi connectivity index (χ4v) is 3.17. The van der Waals surface area contributed by atoms with Gasteiger partial charge < -0.3 is 10.2 Å². The van der Waals surface area contributed by atoms with Gasteiger partial charge in [-0.1, -0.05) is 0 Å². The van der Waals surface area contributed by atoms with Gasteiger partial charge >= 0.3 is 0 Å². The standard InChI is InChI=1S/C14H26N2OS/c1-16-8-3-12(4-9-16)2-7-15-13(17)10-14(11-18)5-6-14/h12,18H,2-11H2,1H3,(H,15,17). The van der Waals surface area contributed by atoms with E-state index in [0.29, 0.717) is 6.42 Å². The van der Waals surface area contributed by atoms with Crippen LogP contribution in [0, 0.1) is 11.3 Å². The fourth-order valence-electron chi connectivity index (χ4n) is 2.74. The number of carbonyl (C=O) groups is 1. The molecular formula is C14H26N2OS. The van der Waals surface area contributed by atoms with Crippen molar-refractivity contribution in [3.8, 4) is 0 Å². The Hall–Kier alpha value is -0.220. The summed E-state index contributed by atoms with van der Waals surface area (Å²) in [6, 6.07) is 0. The number of hydrogen-bond donors (Lipinski definition) is 2. The summed E-state index contributed by atoms with van der Waals surface area (Å²) in [6.07, 6.45) is 6.76. The lowest BCUT2D eigenvalue weighted by Crippen LogP contribution is -2.33. The van der Waals surface area contributed by atoms with Crippen molar-refractivity contribution in [2.24, 2.45) is 11.3 Å². The van der Waals surface area contributed by atoms with Gasteiger partial charge in [0.15, 0.2) is 0 Å². The van der Waals surface area contributed by atoms with Crippen molar-refractivity contribution < 1.29 is 4.79 Å². The van der Waals surface area contributed by atoms with Gasteiger partial charge in [-0.15, -0.1) is 0 Å². The average molecular weight is 270 g/mol. The number of nitrogens with one attached hydrogen (secondary N) is 1. The first-order valence-corrected chi connectivity index (χ1v) is 7.83. The SMILES string of the molecule is CN1CCC(CCNC(=O)CC2(CS)CC2)CC1. The summed E-state index contributed by atoms with van der Waals surface area (Å²) in [5, 5.41) is 3.09. The molecule has 2 rings (SSSR count). The van der Waals surface area contributed by atoms with Gasteiger partial charge in [0, 0.05) is 13.0 Å². The molecule has 1 aliphatic carbocycles. The minimum Gasteiger partial charge on any atom is -0.356 e. The molecule has 1 amide bonds. The summed E-state index contributed by atoms with van der Waals surface area (Å²) >= 11 is 4.34. The van der Waals surface area contributed by atoms with Crippen molar-refractivity contribution in [1.29, 1.82) is 0 Å². The minimum absolute atomic E-state index is 0.231. The third-order valence-corrected chi connectivity index (χ3v) is 5.21. The highest BCUT2D eigenvalue weighted by molar-refractivity contribution is 7.80. The zero-order valence-corrected chi connectivity index (χ0v) is 12.3. The van der Waals surface area contributed by atoms with Crippen LogP contribution in [-0.2, 0) is 4.79 Å². The molecule has 1 saturated heterocycles. The Morgan fingerprint density at radius 3 is 2.61 bits per heavy atom. The Morgan fingerprint density at radius 2 is 2.06 bits per heavy atom. The predicted molar refractivity (Wildman–Crippen MR) is 78.0 cm³/mol. The Bertz CT molecular complexity index is 284. The molecule has 0 aromatic rings. The Morgan fingerprint density at radius 1 is 1.39 bits per heavy atom.